The molecular weight excluding hydrogens is 375 g/mol. The summed E-state index contributed by atoms with van der Waals surface area (Å²) >= 11 is 0. The highest BCUT2D eigenvalue weighted by Crippen LogP contribution is 2.37. The molecule has 5 rings (SSSR count). The Kier molecular flexibility index (Phi) is 4.85. The van der Waals surface area contributed by atoms with Crippen LogP contribution in [0.5, 0.6) is 0 Å². The number of hydrogen-bond acceptors (Lipinski definition) is 6. The Morgan fingerprint density at radius 3 is 2.55 bits per heavy atom. The summed E-state index contributed by atoms with van der Waals surface area (Å²) in [6, 6.07) is 4.56. The lowest BCUT2D eigenvalue weighted by atomic mass is 10.00. The fraction of sp³-hybridized carbons (Fsp3) is 0.524. The van der Waals surface area contributed by atoms with Crippen LogP contribution in [-0.2, 0) is 9.47 Å². The van der Waals surface area contributed by atoms with E-state index in [2.05, 4.69) is 15.2 Å². The normalized spacial score (nSPS) is 21.8. The van der Waals surface area contributed by atoms with Gasteiger partial charge in [-0.25, -0.2) is 4.39 Å². The van der Waals surface area contributed by atoms with Crippen molar-refractivity contribution in [2.75, 3.05) is 57.4 Å². The number of halogens is 1. The maximum absolute atomic E-state index is 14.1. The number of carbonyl (C=O) groups excluding carboxylic acids is 1. The smallest absolute Gasteiger partial charge is 0.257 e. The lowest BCUT2D eigenvalue weighted by Gasteiger charge is -2.40. The zero-order chi connectivity index (χ0) is 19.8. The molecule has 29 heavy (non-hydrogen) atoms. The molecule has 8 heteroatoms. The topological polar surface area (TPSA) is 66.9 Å². The number of fused-ring (bicyclic) bond motifs is 1. The standard InChI is InChI=1S/C21H25FN4O3/c22-15-1-2-18-16(13-15)19(25-7-3-21(4-8-25)28-11-12-29-21)17(14-24-18)20(27)26-9-5-23-6-10-26/h1-2,13-14,23H,3-12H2. The van der Waals surface area contributed by atoms with Crippen molar-refractivity contribution in [1.82, 2.24) is 15.2 Å². The Labute approximate surface area is 168 Å². The van der Waals surface area contributed by atoms with E-state index in [9.17, 15) is 9.18 Å². The van der Waals surface area contributed by atoms with Crippen LogP contribution >= 0.6 is 0 Å². The van der Waals surface area contributed by atoms with Crippen molar-refractivity contribution in [2.24, 2.45) is 0 Å². The number of piperidine rings is 1. The van der Waals surface area contributed by atoms with Crippen molar-refractivity contribution in [3.05, 3.63) is 35.8 Å². The predicted octanol–water partition coefficient (Wildman–Crippen LogP) is 1.76. The third kappa shape index (κ3) is 3.45. The van der Waals surface area contributed by atoms with E-state index < -0.39 is 5.79 Å². The van der Waals surface area contributed by atoms with Gasteiger partial charge in [-0.2, -0.15) is 0 Å². The van der Waals surface area contributed by atoms with E-state index in [4.69, 9.17) is 9.47 Å². The number of nitrogens with zero attached hydrogens (tertiary/aromatic N) is 3. The predicted molar refractivity (Wildman–Crippen MR) is 107 cm³/mol. The van der Waals surface area contributed by atoms with Crippen molar-refractivity contribution in [2.45, 2.75) is 18.6 Å². The molecule has 1 aromatic heterocycles. The quantitative estimate of drug-likeness (QED) is 0.829. The molecule has 0 aliphatic carbocycles. The van der Waals surface area contributed by atoms with Crippen LogP contribution in [0.3, 0.4) is 0 Å². The Hall–Kier alpha value is -2.29. The van der Waals surface area contributed by atoms with E-state index in [1.165, 1.54) is 12.1 Å². The van der Waals surface area contributed by atoms with Gasteiger partial charge in [0.05, 0.1) is 30.0 Å². The van der Waals surface area contributed by atoms with Crippen LogP contribution in [0.15, 0.2) is 24.4 Å². The first-order valence-electron chi connectivity index (χ1n) is 10.3. The second kappa shape index (κ2) is 7.51. The molecule has 0 saturated carbocycles. The Morgan fingerprint density at radius 2 is 1.83 bits per heavy atom. The summed E-state index contributed by atoms with van der Waals surface area (Å²) in [4.78, 5) is 21.8. The van der Waals surface area contributed by atoms with Gasteiger partial charge in [-0.15, -0.1) is 0 Å². The number of benzene rings is 1. The molecule has 2 aromatic rings. The van der Waals surface area contributed by atoms with Crippen molar-refractivity contribution in [3.8, 4) is 0 Å². The van der Waals surface area contributed by atoms with Crippen molar-refractivity contribution in [3.63, 3.8) is 0 Å². The van der Waals surface area contributed by atoms with E-state index >= 15 is 0 Å². The number of ether oxygens (including phenoxy) is 2. The van der Waals surface area contributed by atoms with Crippen molar-refractivity contribution >= 4 is 22.5 Å². The molecule has 4 heterocycles. The van der Waals surface area contributed by atoms with Crippen LogP contribution in [0, 0.1) is 5.82 Å². The van der Waals surface area contributed by atoms with Gasteiger partial charge in [0.2, 0.25) is 0 Å². The lowest BCUT2D eigenvalue weighted by Crippen LogP contribution is -2.48. The first-order chi connectivity index (χ1) is 14.2. The molecule has 3 aliphatic heterocycles. The van der Waals surface area contributed by atoms with Gasteiger partial charge in [0.15, 0.2) is 5.79 Å². The maximum Gasteiger partial charge on any atom is 0.257 e. The van der Waals surface area contributed by atoms with Gasteiger partial charge in [-0.3, -0.25) is 9.78 Å². The highest BCUT2D eigenvalue weighted by Gasteiger charge is 2.40. The number of hydrogen-bond donors (Lipinski definition) is 1. The first-order valence-corrected chi connectivity index (χ1v) is 10.3. The van der Waals surface area contributed by atoms with Crippen LogP contribution in [0.4, 0.5) is 10.1 Å². The molecule has 3 aliphatic rings. The molecule has 0 atom stereocenters. The minimum absolute atomic E-state index is 0.0474. The van der Waals surface area contributed by atoms with Crippen molar-refractivity contribution < 1.29 is 18.7 Å². The number of piperazine rings is 1. The van der Waals surface area contributed by atoms with E-state index in [-0.39, 0.29) is 11.7 Å². The molecule has 3 fully saturated rings. The lowest BCUT2D eigenvalue weighted by molar-refractivity contribution is -0.169. The van der Waals surface area contributed by atoms with Crippen LogP contribution in [0.2, 0.25) is 0 Å². The van der Waals surface area contributed by atoms with Gasteiger partial charge in [0.1, 0.15) is 5.82 Å². The fourth-order valence-corrected chi connectivity index (χ4v) is 4.54. The highest BCUT2D eigenvalue weighted by atomic mass is 19.1. The number of anilines is 1. The summed E-state index contributed by atoms with van der Waals surface area (Å²) in [5.41, 5.74) is 1.99. The maximum atomic E-state index is 14.1. The van der Waals surface area contributed by atoms with Crippen LogP contribution in [0.25, 0.3) is 10.9 Å². The largest absolute Gasteiger partial charge is 0.370 e. The molecule has 1 aromatic carbocycles. The number of carbonyl (C=O) groups is 1. The summed E-state index contributed by atoms with van der Waals surface area (Å²) in [6.45, 7) is 5.46. The molecule has 1 spiro atoms. The number of aromatic nitrogens is 1. The van der Waals surface area contributed by atoms with Gasteiger partial charge >= 0.3 is 0 Å². The molecule has 0 radical (unpaired) electrons. The van der Waals surface area contributed by atoms with Crippen LogP contribution in [0.1, 0.15) is 23.2 Å². The molecule has 0 bridgehead atoms. The van der Waals surface area contributed by atoms with E-state index in [0.29, 0.717) is 68.7 Å². The van der Waals surface area contributed by atoms with Crippen molar-refractivity contribution in [1.29, 1.82) is 0 Å². The minimum atomic E-state index is -0.507. The zero-order valence-electron chi connectivity index (χ0n) is 16.3. The number of rotatable bonds is 2. The molecule has 1 amide bonds. The molecular formula is C21H25FN4O3. The average molecular weight is 400 g/mol. The SMILES string of the molecule is O=C(c1cnc2ccc(F)cc2c1N1CCC2(CC1)OCCO2)N1CCNCC1. The van der Waals surface area contributed by atoms with Gasteiger partial charge in [-0.1, -0.05) is 0 Å². The van der Waals surface area contributed by atoms with E-state index in [0.717, 1.165) is 18.8 Å². The monoisotopic (exact) mass is 400 g/mol. The first kappa shape index (κ1) is 18.7. The molecule has 0 unspecified atom stereocenters. The number of pyridine rings is 1. The van der Waals surface area contributed by atoms with Gasteiger partial charge in [0.25, 0.3) is 5.91 Å². The zero-order valence-corrected chi connectivity index (χ0v) is 16.3. The van der Waals surface area contributed by atoms with Crippen LogP contribution < -0.4 is 10.2 Å². The molecule has 7 nitrogen and oxygen atoms in total. The Bertz CT molecular complexity index is 916. The van der Waals surface area contributed by atoms with Gasteiger partial charge < -0.3 is 24.6 Å². The second-order valence-electron chi connectivity index (χ2n) is 7.82. The van der Waals surface area contributed by atoms with E-state index in [1.54, 1.807) is 12.3 Å². The summed E-state index contributed by atoms with van der Waals surface area (Å²) in [6.07, 6.45) is 3.08. The molecule has 3 saturated heterocycles. The number of amides is 1. The Balaban J connectivity index is 1.54. The summed E-state index contributed by atoms with van der Waals surface area (Å²) in [7, 11) is 0. The molecule has 1 N–H and O–H groups in total. The highest BCUT2D eigenvalue weighted by molar-refractivity contribution is 6.07. The minimum Gasteiger partial charge on any atom is -0.370 e. The Morgan fingerprint density at radius 1 is 1.10 bits per heavy atom. The summed E-state index contributed by atoms with van der Waals surface area (Å²) < 4.78 is 25.8. The summed E-state index contributed by atoms with van der Waals surface area (Å²) in [5, 5.41) is 3.94. The number of nitrogens with one attached hydrogen (secondary N) is 1. The summed E-state index contributed by atoms with van der Waals surface area (Å²) in [5.74, 6) is -0.884. The van der Waals surface area contributed by atoms with Gasteiger partial charge in [-0.05, 0) is 18.2 Å². The average Bonchev–Trinajstić information content (AvgIpc) is 3.22. The molecule has 154 valence electrons. The van der Waals surface area contributed by atoms with Gasteiger partial charge in [0, 0.05) is 63.7 Å². The third-order valence-electron chi connectivity index (χ3n) is 6.09. The van der Waals surface area contributed by atoms with E-state index in [1.807, 2.05) is 4.90 Å². The van der Waals surface area contributed by atoms with Crippen LogP contribution in [-0.4, -0.2) is 74.1 Å². The second-order valence-corrected chi connectivity index (χ2v) is 7.82. The fourth-order valence-electron chi connectivity index (χ4n) is 4.54. The third-order valence-corrected chi connectivity index (χ3v) is 6.09.